The van der Waals surface area contributed by atoms with Gasteiger partial charge in [0.15, 0.2) is 6.61 Å². The zero-order valence-corrected chi connectivity index (χ0v) is 13.4. The van der Waals surface area contributed by atoms with Crippen LogP contribution in [0.25, 0.3) is 0 Å². The molecule has 116 valence electrons. The Balaban J connectivity index is 1.83. The van der Waals surface area contributed by atoms with Gasteiger partial charge in [0.2, 0.25) is 0 Å². The third-order valence-electron chi connectivity index (χ3n) is 3.43. The predicted octanol–water partition coefficient (Wildman–Crippen LogP) is 2.78. The summed E-state index contributed by atoms with van der Waals surface area (Å²) >= 11 is 0. The highest BCUT2D eigenvalue weighted by Crippen LogP contribution is 2.16. The summed E-state index contributed by atoms with van der Waals surface area (Å²) in [6.07, 6.45) is 1.62. The van der Waals surface area contributed by atoms with Crippen LogP contribution in [0.15, 0.2) is 29.4 Å². The maximum absolute atomic E-state index is 11.7. The maximum atomic E-state index is 11.7. The molecule has 0 saturated heterocycles. The number of benzene rings is 1. The molecule has 2 rings (SSSR count). The SMILES string of the molecule is Cc1cc(C=NNC(=O)COc2ccc(C)c(C)c2)c(C)[nH]1. The van der Waals surface area contributed by atoms with Gasteiger partial charge < -0.3 is 9.72 Å². The summed E-state index contributed by atoms with van der Waals surface area (Å²) in [5, 5.41) is 3.94. The van der Waals surface area contributed by atoms with Crippen molar-refractivity contribution in [3.05, 3.63) is 52.3 Å². The second kappa shape index (κ2) is 6.93. The Morgan fingerprint density at radius 3 is 2.64 bits per heavy atom. The molecular weight excluding hydrogens is 278 g/mol. The van der Waals surface area contributed by atoms with Gasteiger partial charge in [0.25, 0.3) is 5.91 Å². The van der Waals surface area contributed by atoms with Gasteiger partial charge in [-0.1, -0.05) is 6.07 Å². The third-order valence-corrected chi connectivity index (χ3v) is 3.43. The molecule has 2 N–H and O–H groups in total. The number of aryl methyl sites for hydroxylation is 4. The Morgan fingerprint density at radius 2 is 2.00 bits per heavy atom. The minimum atomic E-state index is -0.292. The lowest BCUT2D eigenvalue weighted by Crippen LogP contribution is -2.24. The van der Waals surface area contributed by atoms with Gasteiger partial charge in [-0.05, 0) is 57.0 Å². The monoisotopic (exact) mass is 299 g/mol. The highest BCUT2D eigenvalue weighted by atomic mass is 16.5. The van der Waals surface area contributed by atoms with Crippen molar-refractivity contribution in [2.24, 2.45) is 5.10 Å². The molecule has 1 aromatic heterocycles. The highest BCUT2D eigenvalue weighted by molar-refractivity contribution is 5.84. The number of aromatic amines is 1. The summed E-state index contributed by atoms with van der Waals surface area (Å²) in [4.78, 5) is 14.9. The average Bonchev–Trinajstić information content (AvgIpc) is 2.78. The van der Waals surface area contributed by atoms with Crippen LogP contribution in [0.2, 0.25) is 0 Å². The van der Waals surface area contributed by atoms with Crippen LogP contribution in [0.4, 0.5) is 0 Å². The van der Waals surface area contributed by atoms with E-state index in [4.69, 9.17) is 4.74 Å². The quantitative estimate of drug-likeness (QED) is 0.658. The summed E-state index contributed by atoms with van der Waals surface area (Å²) in [5.41, 5.74) is 7.81. The van der Waals surface area contributed by atoms with E-state index in [0.29, 0.717) is 5.75 Å². The number of hydrazone groups is 1. The third kappa shape index (κ3) is 4.22. The molecule has 5 heteroatoms. The van der Waals surface area contributed by atoms with Crippen molar-refractivity contribution >= 4 is 12.1 Å². The summed E-state index contributed by atoms with van der Waals surface area (Å²) in [6.45, 7) is 7.91. The zero-order chi connectivity index (χ0) is 16.1. The number of hydrogen-bond donors (Lipinski definition) is 2. The van der Waals surface area contributed by atoms with E-state index in [1.807, 2.05) is 52.0 Å². The zero-order valence-electron chi connectivity index (χ0n) is 13.4. The van der Waals surface area contributed by atoms with Crippen molar-refractivity contribution in [1.29, 1.82) is 0 Å². The van der Waals surface area contributed by atoms with Gasteiger partial charge in [-0.3, -0.25) is 4.79 Å². The standard InChI is InChI=1S/C17H21N3O2/c1-11-5-6-16(7-12(11)2)22-10-17(21)20-18-9-15-8-13(3)19-14(15)4/h5-9,19H,10H2,1-4H3,(H,20,21). The molecule has 0 saturated carbocycles. The van der Waals surface area contributed by atoms with Gasteiger partial charge in [-0.15, -0.1) is 0 Å². The Hall–Kier alpha value is -2.56. The summed E-state index contributed by atoms with van der Waals surface area (Å²) < 4.78 is 5.44. The fraction of sp³-hybridized carbons (Fsp3) is 0.294. The second-order valence-corrected chi connectivity index (χ2v) is 5.36. The normalized spacial score (nSPS) is 10.9. The molecule has 0 bridgehead atoms. The van der Waals surface area contributed by atoms with E-state index >= 15 is 0 Å². The van der Waals surface area contributed by atoms with E-state index in [2.05, 4.69) is 15.5 Å². The van der Waals surface area contributed by atoms with Crippen LogP contribution in [0.1, 0.15) is 28.1 Å². The number of rotatable bonds is 5. The first-order chi connectivity index (χ1) is 10.5. The first kappa shape index (κ1) is 15.8. The molecular formula is C17H21N3O2. The second-order valence-electron chi connectivity index (χ2n) is 5.36. The topological polar surface area (TPSA) is 66.5 Å². The van der Waals surface area contributed by atoms with Crippen molar-refractivity contribution < 1.29 is 9.53 Å². The predicted molar refractivity (Wildman–Crippen MR) is 87.4 cm³/mol. The summed E-state index contributed by atoms with van der Waals surface area (Å²) in [5.74, 6) is 0.388. The van der Waals surface area contributed by atoms with Crippen molar-refractivity contribution in [3.8, 4) is 5.75 Å². The molecule has 0 aliphatic rings. The van der Waals surface area contributed by atoms with E-state index in [1.54, 1.807) is 6.21 Å². The largest absolute Gasteiger partial charge is 0.484 e. The molecule has 1 aromatic carbocycles. The van der Waals surface area contributed by atoms with Crippen LogP contribution >= 0.6 is 0 Å². The Kier molecular flexibility index (Phi) is 4.99. The summed E-state index contributed by atoms with van der Waals surface area (Å²) in [6, 6.07) is 7.71. The number of nitrogens with zero attached hydrogens (tertiary/aromatic N) is 1. The fourth-order valence-corrected chi connectivity index (χ4v) is 2.04. The fourth-order valence-electron chi connectivity index (χ4n) is 2.04. The van der Waals surface area contributed by atoms with Crippen molar-refractivity contribution in [3.63, 3.8) is 0 Å². The number of ether oxygens (including phenoxy) is 1. The molecule has 0 atom stereocenters. The molecule has 22 heavy (non-hydrogen) atoms. The van der Waals surface area contributed by atoms with Crippen LogP contribution < -0.4 is 10.2 Å². The minimum absolute atomic E-state index is 0.0645. The highest BCUT2D eigenvalue weighted by Gasteiger charge is 2.03. The van der Waals surface area contributed by atoms with E-state index < -0.39 is 0 Å². The lowest BCUT2D eigenvalue weighted by molar-refractivity contribution is -0.123. The molecule has 0 radical (unpaired) electrons. The number of H-pyrrole nitrogens is 1. The molecule has 0 aliphatic heterocycles. The lowest BCUT2D eigenvalue weighted by atomic mass is 10.1. The van der Waals surface area contributed by atoms with Gasteiger partial charge in [0.1, 0.15) is 5.75 Å². The number of carbonyl (C=O) groups is 1. The number of amides is 1. The Labute approximate surface area is 130 Å². The van der Waals surface area contributed by atoms with Crippen molar-refractivity contribution in [2.45, 2.75) is 27.7 Å². The van der Waals surface area contributed by atoms with Gasteiger partial charge >= 0.3 is 0 Å². The maximum Gasteiger partial charge on any atom is 0.277 e. The van der Waals surface area contributed by atoms with Gasteiger partial charge in [-0.2, -0.15) is 5.10 Å². The van der Waals surface area contributed by atoms with Crippen molar-refractivity contribution in [2.75, 3.05) is 6.61 Å². The molecule has 0 unspecified atom stereocenters. The molecule has 0 spiro atoms. The van der Waals surface area contributed by atoms with E-state index in [9.17, 15) is 4.79 Å². The van der Waals surface area contributed by atoms with Gasteiger partial charge in [-0.25, -0.2) is 5.43 Å². The van der Waals surface area contributed by atoms with E-state index in [0.717, 1.165) is 22.5 Å². The molecule has 1 amide bonds. The first-order valence-corrected chi connectivity index (χ1v) is 7.14. The van der Waals surface area contributed by atoms with Gasteiger partial charge in [0.05, 0.1) is 6.21 Å². The van der Waals surface area contributed by atoms with Crippen LogP contribution in [0, 0.1) is 27.7 Å². The first-order valence-electron chi connectivity index (χ1n) is 7.14. The number of hydrogen-bond acceptors (Lipinski definition) is 3. The molecule has 5 nitrogen and oxygen atoms in total. The van der Waals surface area contributed by atoms with Crippen molar-refractivity contribution in [1.82, 2.24) is 10.4 Å². The van der Waals surface area contributed by atoms with E-state index in [-0.39, 0.29) is 12.5 Å². The van der Waals surface area contributed by atoms with E-state index in [1.165, 1.54) is 5.56 Å². The number of carbonyl (C=O) groups excluding carboxylic acids is 1. The van der Waals surface area contributed by atoms with Crippen LogP contribution in [-0.4, -0.2) is 23.7 Å². The number of aromatic nitrogens is 1. The smallest absolute Gasteiger partial charge is 0.277 e. The Bertz CT molecular complexity index is 702. The lowest BCUT2D eigenvalue weighted by Gasteiger charge is -2.07. The van der Waals surface area contributed by atoms with Crippen LogP contribution in [0.3, 0.4) is 0 Å². The molecule has 0 fully saturated rings. The molecule has 2 aromatic rings. The minimum Gasteiger partial charge on any atom is -0.484 e. The van der Waals surface area contributed by atoms with Crippen LogP contribution in [-0.2, 0) is 4.79 Å². The number of nitrogens with one attached hydrogen (secondary N) is 2. The summed E-state index contributed by atoms with van der Waals surface area (Å²) in [7, 11) is 0. The van der Waals surface area contributed by atoms with Gasteiger partial charge in [0, 0.05) is 17.0 Å². The Morgan fingerprint density at radius 1 is 1.23 bits per heavy atom. The average molecular weight is 299 g/mol. The van der Waals surface area contributed by atoms with Crippen LogP contribution in [0.5, 0.6) is 5.75 Å². The molecule has 1 heterocycles. The molecule has 0 aliphatic carbocycles.